The molecule has 29 heavy (non-hydrogen) atoms. The van der Waals surface area contributed by atoms with Gasteiger partial charge in [-0.05, 0) is 80.7 Å². The van der Waals surface area contributed by atoms with Crippen LogP contribution in [0.25, 0.3) is 5.57 Å². The maximum atomic E-state index is 13.1. The van der Waals surface area contributed by atoms with E-state index in [4.69, 9.17) is 4.74 Å². The van der Waals surface area contributed by atoms with Crippen molar-refractivity contribution in [3.63, 3.8) is 0 Å². The van der Waals surface area contributed by atoms with E-state index in [9.17, 15) is 9.18 Å². The van der Waals surface area contributed by atoms with Gasteiger partial charge in [-0.25, -0.2) is 4.39 Å². The molecule has 160 valence electrons. The number of amides is 1. The van der Waals surface area contributed by atoms with Crippen molar-refractivity contribution in [2.45, 2.75) is 57.4 Å². The van der Waals surface area contributed by atoms with Crippen LogP contribution in [0.5, 0.6) is 0 Å². The van der Waals surface area contributed by atoms with Crippen LogP contribution < -0.4 is 5.32 Å². The maximum Gasteiger partial charge on any atom is 0.220 e. The maximum absolute atomic E-state index is 13.1. The van der Waals surface area contributed by atoms with E-state index in [1.165, 1.54) is 24.8 Å². The lowest BCUT2D eigenvalue weighted by atomic mass is 9.84. The zero-order valence-corrected chi connectivity index (χ0v) is 17.7. The number of carbonyl (C=O) groups excluding carboxylic acids is 1. The summed E-state index contributed by atoms with van der Waals surface area (Å²) in [6.45, 7) is 3.86. The molecule has 0 atom stereocenters. The fourth-order valence-electron chi connectivity index (χ4n) is 4.48. The Bertz CT molecular complexity index is 666. The average molecular weight is 403 g/mol. The SMILES string of the molecule is COCCCC(=O)N[C@H]1CC[C@H](CCN2CC=C(c3ccc(F)cc3)CC2)CC1. The molecule has 1 N–H and O–H groups in total. The molecule has 1 aromatic carbocycles. The highest BCUT2D eigenvalue weighted by atomic mass is 19.1. The predicted octanol–water partition coefficient (Wildman–Crippen LogP) is 4.41. The van der Waals surface area contributed by atoms with Crippen LogP contribution in [0, 0.1) is 11.7 Å². The van der Waals surface area contributed by atoms with Gasteiger partial charge < -0.3 is 10.1 Å². The Balaban J connectivity index is 1.32. The van der Waals surface area contributed by atoms with E-state index in [0.29, 0.717) is 19.1 Å². The van der Waals surface area contributed by atoms with Gasteiger partial charge in [0.1, 0.15) is 5.82 Å². The van der Waals surface area contributed by atoms with E-state index in [-0.39, 0.29) is 11.7 Å². The lowest BCUT2D eigenvalue weighted by Gasteiger charge is -2.32. The molecule has 1 fully saturated rings. The normalized spacial score (nSPS) is 22.9. The Morgan fingerprint density at radius 1 is 1.21 bits per heavy atom. The van der Waals surface area contributed by atoms with Crippen molar-refractivity contribution in [2.24, 2.45) is 5.92 Å². The second-order valence-corrected chi connectivity index (χ2v) is 8.46. The van der Waals surface area contributed by atoms with Gasteiger partial charge in [-0.3, -0.25) is 9.69 Å². The number of ether oxygens (including phenoxy) is 1. The van der Waals surface area contributed by atoms with Crippen molar-refractivity contribution < 1.29 is 13.9 Å². The van der Waals surface area contributed by atoms with Crippen LogP contribution in [0.15, 0.2) is 30.3 Å². The highest BCUT2D eigenvalue weighted by Gasteiger charge is 2.23. The molecule has 1 aliphatic heterocycles. The first-order valence-corrected chi connectivity index (χ1v) is 11.1. The van der Waals surface area contributed by atoms with Gasteiger partial charge in [-0.2, -0.15) is 0 Å². The number of nitrogens with one attached hydrogen (secondary N) is 1. The molecule has 5 heteroatoms. The van der Waals surface area contributed by atoms with Gasteiger partial charge in [0.15, 0.2) is 0 Å². The third-order valence-corrected chi connectivity index (χ3v) is 6.33. The van der Waals surface area contributed by atoms with Crippen LogP contribution in [-0.2, 0) is 9.53 Å². The molecule has 1 aliphatic carbocycles. The van der Waals surface area contributed by atoms with Crippen molar-refractivity contribution in [2.75, 3.05) is 33.4 Å². The first-order valence-electron chi connectivity index (χ1n) is 11.1. The van der Waals surface area contributed by atoms with Crippen LogP contribution in [0.4, 0.5) is 4.39 Å². The van der Waals surface area contributed by atoms with Crippen LogP contribution in [0.1, 0.15) is 56.9 Å². The molecular formula is C24H35FN2O2. The summed E-state index contributed by atoms with van der Waals surface area (Å²) >= 11 is 0. The molecule has 0 bridgehead atoms. The van der Waals surface area contributed by atoms with Crippen LogP contribution in [-0.4, -0.2) is 50.2 Å². The summed E-state index contributed by atoms with van der Waals surface area (Å²) in [6, 6.07) is 7.21. The number of hydrogen-bond acceptors (Lipinski definition) is 3. The number of rotatable bonds is 9. The first-order chi connectivity index (χ1) is 14.1. The quantitative estimate of drug-likeness (QED) is 0.622. The topological polar surface area (TPSA) is 41.6 Å². The smallest absolute Gasteiger partial charge is 0.220 e. The van der Waals surface area contributed by atoms with E-state index in [1.807, 2.05) is 12.1 Å². The van der Waals surface area contributed by atoms with Crippen molar-refractivity contribution >= 4 is 11.5 Å². The van der Waals surface area contributed by atoms with Crippen molar-refractivity contribution in [3.05, 3.63) is 41.7 Å². The van der Waals surface area contributed by atoms with E-state index in [2.05, 4.69) is 16.3 Å². The molecule has 1 aromatic rings. The van der Waals surface area contributed by atoms with Gasteiger partial charge >= 0.3 is 0 Å². The first kappa shape index (κ1) is 22.0. The molecule has 2 aliphatic rings. The van der Waals surface area contributed by atoms with Gasteiger partial charge in [-0.1, -0.05) is 18.2 Å². The Morgan fingerprint density at radius 3 is 2.62 bits per heavy atom. The molecule has 0 saturated heterocycles. The zero-order chi connectivity index (χ0) is 20.5. The minimum atomic E-state index is -0.174. The minimum Gasteiger partial charge on any atom is -0.385 e. The third-order valence-electron chi connectivity index (χ3n) is 6.33. The molecule has 0 unspecified atom stereocenters. The summed E-state index contributed by atoms with van der Waals surface area (Å²) in [5, 5.41) is 3.19. The Kier molecular flexibility index (Phi) is 8.69. The van der Waals surface area contributed by atoms with E-state index in [0.717, 1.165) is 56.8 Å². The van der Waals surface area contributed by atoms with Gasteiger partial charge in [0.05, 0.1) is 0 Å². The van der Waals surface area contributed by atoms with Gasteiger partial charge in [0.2, 0.25) is 5.91 Å². The Morgan fingerprint density at radius 2 is 1.97 bits per heavy atom. The molecular weight excluding hydrogens is 367 g/mol. The second kappa shape index (κ2) is 11.5. The molecule has 0 spiro atoms. The number of carbonyl (C=O) groups is 1. The Labute approximate surface area is 174 Å². The number of methoxy groups -OCH3 is 1. The number of hydrogen-bond donors (Lipinski definition) is 1. The molecule has 1 saturated carbocycles. The summed E-state index contributed by atoms with van der Waals surface area (Å²) in [4.78, 5) is 14.5. The fourth-order valence-corrected chi connectivity index (χ4v) is 4.48. The summed E-state index contributed by atoms with van der Waals surface area (Å²) in [7, 11) is 1.67. The number of benzene rings is 1. The summed E-state index contributed by atoms with van der Waals surface area (Å²) < 4.78 is 18.1. The lowest BCUT2D eigenvalue weighted by molar-refractivity contribution is -0.122. The average Bonchev–Trinajstić information content (AvgIpc) is 2.74. The molecule has 3 rings (SSSR count). The predicted molar refractivity (Wildman–Crippen MR) is 115 cm³/mol. The molecule has 1 amide bonds. The molecule has 0 radical (unpaired) electrons. The summed E-state index contributed by atoms with van der Waals surface area (Å²) in [5.74, 6) is 0.772. The van der Waals surface area contributed by atoms with Crippen molar-refractivity contribution in [1.29, 1.82) is 0 Å². The highest BCUT2D eigenvalue weighted by Crippen LogP contribution is 2.28. The Hall–Kier alpha value is -1.72. The van der Waals surface area contributed by atoms with Crippen molar-refractivity contribution in [3.8, 4) is 0 Å². The van der Waals surface area contributed by atoms with Gasteiger partial charge in [-0.15, -0.1) is 0 Å². The van der Waals surface area contributed by atoms with Gasteiger partial charge in [0.25, 0.3) is 0 Å². The third kappa shape index (κ3) is 7.23. The molecule has 4 nitrogen and oxygen atoms in total. The summed E-state index contributed by atoms with van der Waals surface area (Å²) in [5.41, 5.74) is 2.48. The number of halogens is 1. The van der Waals surface area contributed by atoms with E-state index < -0.39 is 0 Å². The van der Waals surface area contributed by atoms with Crippen LogP contribution in [0.3, 0.4) is 0 Å². The molecule has 1 heterocycles. The van der Waals surface area contributed by atoms with E-state index >= 15 is 0 Å². The lowest BCUT2D eigenvalue weighted by Crippen LogP contribution is -2.38. The van der Waals surface area contributed by atoms with E-state index in [1.54, 1.807) is 19.2 Å². The van der Waals surface area contributed by atoms with Crippen LogP contribution >= 0.6 is 0 Å². The monoisotopic (exact) mass is 402 g/mol. The summed E-state index contributed by atoms with van der Waals surface area (Å²) in [6.07, 6.45) is 10.6. The van der Waals surface area contributed by atoms with Gasteiger partial charge in [0, 0.05) is 39.3 Å². The van der Waals surface area contributed by atoms with Crippen LogP contribution in [0.2, 0.25) is 0 Å². The second-order valence-electron chi connectivity index (χ2n) is 8.46. The number of nitrogens with zero attached hydrogens (tertiary/aromatic N) is 1. The zero-order valence-electron chi connectivity index (χ0n) is 17.7. The fraction of sp³-hybridized carbons (Fsp3) is 0.625. The molecule has 0 aromatic heterocycles. The van der Waals surface area contributed by atoms with Crippen molar-refractivity contribution in [1.82, 2.24) is 10.2 Å². The standard InChI is InChI=1S/C24H35FN2O2/c1-29-18-2-3-24(28)26-23-10-4-19(5-11-23)12-15-27-16-13-21(14-17-27)20-6-8-22(25)9-7-20/h6-9,13,19,23H,2-5,10-12,14-18H2,1H3,(H,26,28)/t19-,23-. The minimum absolute atomic E-state index is 0.169. The highest BCUT2D eigenvalue weighted by molar-refractivity contribution is 5.76. The largest absolute Gasteiger partial charge is 0.385 e.